The Bertz CT molecular complexity index is 995. The molecule has 25 heavy (non-hydrogen) atoms. The van der Waals surface area contributed by atoms with Gasteiger partial charge in [0.25, 0.3) is 0 Å². The molecule has 3 rings (SSSR count). The first-order valence-corrected chi connectivity index (χ1v) is 9.47. The third kappa shape index (κ3) is 3.77. The van der Waals surface area contributed by atoms with Crippen LogP contribution >= 0.6 is 0 Å². The molecule has 0 aliphatic heterocycles. The highest BCUT2D eigenvalue weighted by Gasteiger charge is 2.11. The van der Waals surface area contributed by atoms with Crippen molar-refractivity contribution in [3.63, 3.8) is 0 Å². The van der Waals surface area contributed by atoms with Crippen LogP contribution in [0.3, 0.4) is 0 Å². The predicted molar refractivity (Wildman–Crippen MR) is 95.4 cm³/mol. The van der Waals surface area contributed by atoms with Crippen LogP contribution in [-0.2, 0) is 30.0 Å². The Morgan fingerprint density at radius 3 is 2.56 bits per heavy atom. The largest absolute Gasteiger partial charge is 0.365 e. The van der Waals surface area contributed by atoms with Gasteiger partial charge in [-0.3, -0.25) is 4.68 Å². The van der Waals surface area contributed by atoms with E-state index >= 15 is 0 Å². The number of hydrogen-bond donors (Lipinski definition) is 2. The quantitative estimate of drug-likeness (QED) is 0.689. The van der Waals surface area contributed by atoms with Crippen LogP contribution in [0.25, 0.3) is 11.0 Å². The van der Waals surface area contributed by atoms with Crippen LogP contribution in [0, 0.1) is 0 Å². The fourth-order valence-corrected chi connectivity index (χ4v) is 3.04. The summed E-state index contributed by atoms with van der Waals surface area (Å²) in [4.78, 5) is 9.23. The SMILES string of the molecule is CCCc1nc(NCc2ccc(S(N)(=O)=O)cc2)c2cnn(C)c2n1. The maximum absolute atomic E-state index is 11.3. The number of hydrogen-bond acceptors (Lipinski definition) is 6. The van der Waals surface area contributed by atoms with Crippen LogP contribution in [0.2, 0.25) is 0 Å². The minimum atomic E-state index is -3.68. The number of primary sulfonamides is 1. The van der Waals surface area contributed by atoms with Gasteiger partial charge in [0.2, 0.25) is 10.0 Å². The lowest BCUT2D eigenvalue weighted by atomic mass is 10.2. The Kier molecular flexibility index (Phi) is 4.69. The molecule has 0 radical (unpaired) electrons. The van der Waals surface area contributed by atoms with Crippen molar-refractivity contribution in [3.05, 3.63) is 41.9 Å². The second kappa shape index (κ2) is 6.77. The van der Waals surface area contributed by atoms with Gasteiger partial charge in [-0.05, 0) is 24.1 Å². The Morgan fingerprint density at radius 1 is 1.20 bits per heavy atom. The van der Waals surface area contributed by atoms with Gasteiger partial charge in [0.1, 0.15) is 11.6 Å². The molecule has 132 valence electrons. The number of rotatable bonds is 6. The topological polar surface area (TPSA) is 116 Å². The molecule has 0 saturated heterocycles. The second-order valence-electron chi connectivity index (χ2n) is 5.79. The summed E-state index contributed by atoms with van der Waals surface area (Å²) in [6.07, 6.45) is 3.48. The van der Waals surface area contributed by atoms with Crippen LogP contribution in [0.5, 0.6) is 0 Å². The Hall–Kier alpha value is -2.52. The van der Waals surface area contributed by atoms with E-state index in [0.29, 0.717) is 6.54 Å². The monoisotopic (exact) mass is 360 g/mol. The first-order valence-electron chi connectivity index (χ1n) is 7.92. The molecular formula is C16H20N6O2S. The third-order valence-corrected chi connectivity index (χ3v) is 4.75. The number of aromatic nitrogens is 4. The van der Waals surface area contributed by atoms with E-state index in [-0.39, 0.29) is 4.90 Å². The maximum Gasteiger partial charge on any atom is 0.238 e. The molecule has 0 spiro atoms. The molecule has 0 aliphatic rings. The summed E-state index contributed by atoms with van der Waals surface area (Å²) in [6, 6.07) is 6.44. The Balaban J connectivity index is 1.85. The summed E-state index contributed by atoms with van der Waals surface area (Å²) < 4.78 is 24.3. The zero-order chi connectivity index (χ0) is 18.0. The molecule has 0 amide bonds. The molecule has 0 unspecified atom stereocenters. The average Bonchev–Trinajstić information content (AvgIpc) is 2.94. The minimum Gasteiger partial charge on any atom is -0.365 e. The standard InChI is InChI=1S/C16H20N6O2S/c1-3-4-14-20-15(13-10-19-22(2)16(13)21-14)18-9-11-5-7-12(8-6-11)25(17,23)24/h5-8,10H,3-4,9H2,1-2H3,(H2,17,23,24)(H,18,20,21). The van der Waals surface area contributed by atoms with Crippen molar-refractivity contribution in [2.45, 2.75) is 31.2 Å². The molecule has 3 aromatic rings. The second-order valence-corrected chi connectivity index (χ2v) is 7.35. The normalized spacial score (nSPS) is 11.8. The van der Waals surface area contributed by atoms with E-state index in [1.165, 1.54) is 12.1 Å². The fourth-order valence-electron chi connectivity index (χ4n) is 2.52. The number of anilines is 1. The molecule has 0 fully saturated rings. The molecule has 8 nitrogen and oxygen atoms in total. The van der Waals surface area contributed by atoms with Crippen molar-refractivity contribution < 1.29 is 8.42 Å². The number of nitrogens with zero attached hydrogens (tertiary/aromatic N) is 4. The number of sulfonamides is 1. The highest BCUT2D eigenvalue weighted by atomic mass is 32.2. The molecule has 0 atom stereocenters. The van der Waals surface area contributed by atoms with Crippen LogP contribution in [0.4, 0.5) is 5.82 Å². The van der Waals surface area contributed by atoms with E-state index in [9.17, 15) is 8.42 Å². The van der Waals surface area contributed by atoms with E-state index in [1.54, 1.807) is 23.0 Å². The Labute approximate surface area is 146 Å². The molecule has 0 bridgehead atoms. The van der Waals surface area contributed by atoms with Crippen LogP contribution in [-0.4, -0.2) is 28.2 Å². The van der Waals surface area contributed by atoms with Gasteiger partial charge in [0, 0.05) is 20.0 Å². The average molecular weight is 360 g/mol. The molecule has 1 aromatic carbocycles. The highest BCUT2D eigenvalue weighted by molar-refractivity contribution is 7.89. The number of aryl methyl sites for hydroxylation is 2. The molecule has 2 aromatic heterocycles. The summed E-state index contributed by atoms with van der Waals surface area (Å²) in [5, 5.41) is 13.5. The third-order valence-electron chi connectivity index (χ3n) is 3.82. The Morgan fingerprint density at radius 2 is 1.92 bits per heavy atom. The summed E-state index contributed by atoms with van der Waals surface area (Å²) in [5.41, 5.74) is 1.70. The molecule has 3 N–H and O–H groups in total. The summed E-state index contributed by atoms with van der Waals surface area (Å²) in [6.45, 7) is 2.58. The fraction of sp³-hybridized carbons (Fsp3) is 0.312. The number of benzene rings is 1. The van der Waals surface area contributed by atoms with E-state index in [0.717, 1.165) is 41.1 Å². The van der Waals surface area contributed by atoms with Gasteiger partial charge in [-0.25, -0.2) is 23.5 Å². The van der Waals surface area contributed by atoms with Gasteiger partial charge in [0.15, 0.2) is 5.65 Å². The van der Waals surface area contributed by atoms with Gasteiger partial charge < -0.3 is 5.32 Å². The molecule has 2 heterocycles. The first kappa shape index (κ1) is 17.3. The van der Waals surface area contributed by atoms with Gasteiger partial charge in [-0.2, -0.15) is 5.10 Å². The minimum absolute atomic E-state index is 0.0955. The predicted octanol–water partition coefficient (Wildman–Crippen LogP) is 1.58. The smallest absolute Gasteiger partial charge is 0.238 e. The lowest BCUT2D eigenvalue weighted by molar-refractivity contribution is 0.598. The van der Waals surface area contributed by atoms with Crippen molar-refractivity contribution in [1.82, 2.24) is 19.7 Å². The van der Waals surface area contributed by atoms with Gasteiger partial charge >= 0.3 is 0 Å². The van der Waals surface area contributed by atoms with Crippen molar-refractivity contribution >= 4 is 26.9 Å². The van der Waals surface area contributed by atoms with E-state index < -0.39 is 10.0 Å². The number of fused-ring (bicyclic) bond motifs is 1. The van der Waals surface area contributed by atoms with Crippen molar-refractivity contribution in [1.29, 1.82) is 0 Å². The van der Waals surface area contributed by atoms with Gasteiger partial charge in [-0.1, -0.05) is 19.1 Å². The lowest BCUT2D eigenvalue weighted by Crippen LogP contribution is -2.12. The number of nitrogens with one attached hydrogen (secondary N) is 1. The molecule has 0 aliphatic carbocycles. The summed E-state index contributed by atoms with van der Waals surface area (Å²) in [5.74, 6) is 1.49. The summed E-state index contributed by atoms with van der Waals surface area (Å²) >= 11 is 0. The van der Waals surface area contributed by atoms with E-state index in [4.69, 9.17) is 5.14 Å². The van der Waals surface area contributed by atoms with Crippen LogP contribution in [0.1, 0.15) is 24.7 Å². The number of nitrogens with two attached hydrogens (primary N) is 1. The maximum atomic E-state index is 11.3. The van der Waals surface area contributed by atoms with Crippen LogP contribution < -0.4 is 10.5 Å². The van der Waals surface area contributed by atoms with Crippen molar-refractivity contribution in [2.24, 2.45) is 12.2 Å². The molecule has 9 heteroatoms. The van der Waals surface area contributed by atoms with Gasteiger partial charge in [-0.15, -0.1) is 0 Å². The van der Waals surface area contributed by atoms with Gasteiger partial charge in [0.05, 0.1) is 16.5 Å². The first-order chi connectivity index (χ1) is 11.9. The van der Waals surface area contributed by atoms with Crippen molar-refractivity contribution in [3.8, 4) is 0 Å². The molecular weight excluding hydrogens is 340 g/mol. The van der Waals surface area contributed by atoms with Crippen LogP contribution in [0.15, 0.2) is 35.4 Å². The zero-order valence-electron chi connectivity index (χ0n) is 14.1. The van der Waals surface area contributed by atoms with E-state index in [2.05, 4.69) is 27.3 Å². The molecule has 0 saturated carbocycles. The zero-order valence-corrected chi connectivity index (χ0v) is 14.9. The summed E-state index contributed by atoms with van der Waals surface area (Å²) in [7, 11) is -1.83. The lowest BCUT2D eigenvalue weighted by Gasteiger charge is -2.09. The van der Waals surface area contributed by atoms with Crippen molar-refractivity contribution in [2.75, 3.05) is 5.32 Å². The highest BCUT2D eigenvalue weighted by Crippen LogP contribution is 2.21. The van der Waals surface area contributed by atoms with E-state index in [1.807, 2.05) is 7.05 Å².